The van der Waals surface area contributed by atoms with E-state index in [0.717, 1.165) is 39.1 Å². The van der Waals surface area contributed by atoms with Crippen LogP contribution in [0.1, 0.15) is 39.7 Å². The van der Waals surface area contributed by atoms with Crippen molar-refractivity contribution in [2.75, 3.05) is 26.2 Å². The van der Waals surface area contributed by atoms with Gasteiger partial charge in [0.15, 0.2) is 0 Å². The van der Waals surface area contributed by atoms with Gasteiger partial charge in [-0.1, -0.05) is 37.3 Å². The summed E-state index contributed by atoms with van der Waals surface area (Å²) >= 11 is 0. The fourth-order valence-corrected chi connectivity index (χ4v) is 2.84. The molecule has 0 spiro atoms. The zero-order valence-electron chi connectivity index (χ0n) is 15.0. The van der Waals surface area contributed by atoms with Crippen LogP contribution in [0.3, 0.4) is 0 Å². The van der Waals surface area contributed by atoms with Crippen LogP contribution in [0.5, 0.6) is 0 Å². The van der Waals surface area contributed by atoms with Gasteiger partial charge < -0.3 is 5.32 Å². The van der Waals surface area contributed by atoms with Crippen LogP contribution in [0, 0.1) is 0 Å². The van der Waals surface area contributed by atoms with Gasteiger partial charge in [-0.3, -0.25) is 14.6 Å². The van der Waals surface area contributed by atoms with Crippen molar-refractivity contribution < 1.29 is 4.79 Å². The number of piperazine rings is 1. The third kappa shape index (κ3) is 5.33. The summed E-state index contributed by atoms with van der Waals surface area (Å²) in [5.74, 6) is 0.147. The lowest BCUT2D eigenvalue weighted by atomic mass is 10.0. The van der Waals surface area contributed by atoms with E-state index in [-0.39, 0.29) is 17.5 Å². The molecule has 1 saturated heterocycles. The Hall–Kier alpha value is -1.39. The first-order valence-electron chi connectivity index (χ1n) is 8.73. The van der Waals surface area contributed by atoms with Crippen molar-refractivity contribution in [3.63, 3.8) is 0 Å². The van der Waals surface area contributed by atoms with Crippen LogP contribution in [0.4, 0.5) is 0 Å². The van der Waals surface area contributed by atoms with Crippen molar-refractivity contribution in [2.45, 2.75) is 52.2 Å². The zero-order valence-corrected chi connectivity index (χ0v) is 15.0. The van der Waals surface area contributed by atoms with Crippen molar-refractivity contribution >= 4 is 5.91 Å². The van der Waals surface area contributed by atoms with Gasteiger partial charge in [0.2, 0.25) is 5.91 Å². The van der Waals surface area contributed by atoms with E-state index in [1.54, 1.807) is 0 Å². The second kappa shape index (κ2) is 7.93. The smallest absolute Gasteiger partial charge is 0.237 e. The summed E-state index contributed by atoms with van der Waals surface area (Å²) in [5, 5.41) is 3.16. The SMILES string of the molecule is CCC(C)(C)NC(=O)C(C)N1CCN(Cc2ccccc2)CC1. The molecule has 0 bridgehead atoms. The predicted octanol–water partition coefficient (Wildman–Crippen LogP) is 2.50. The fraction of sp³-hybridized carbons (Fsp3) is 0.632. The Morgan fingerprint density at radius 1 is 1.17 bits per heavy atom. The number of carbonyl (C=O) groups excluding carboxylic acids is 1. The van der Waals surface area contributed by atoms with E-state index in [1.165, 1.54) is 5.56 Å². The van der Waals surface area contributed by atoms with Gasteiger partial charge in [-0.15, -0.1) is 0 Å². The number of nitrogens with zero attached hydrogens (tertiary/aromatic N) is 2. The summed E-state index contributed by atoms with van der Waals surface area (Å²) in [7, 11) is 0. The number of carbonyl (C=O) groups is 1. The first-order chi connectivity index (χ1) is 10.9. The molecule has 4 nitrogen and oxygen atoms in total. The normalized spacial score (nSPS) is 18.6. The van der Waals surface area contributed by atoms with Crippen LogP contribution in [0.2, 0.25) is 0 Å². The summed E-state index contributed by atoms with van der Waals surface area (Å²) in [4.78, 5) is 17.2. The molecular formula is C19H31N3O. The molecule has 2 rings (SSSR count). The van der Waals surface area contributed by atoms with Gasteiger partial charge in [-0.05, 0) is 32.8 Å². The first kappa shape index (κ1) is 18.0. The van der Waals surface area contributed by atoms with E-state index in [2.05, 4.69) is 66.2 Å². The van der Waals surface area contributed by atoms with Crippen LogP contribution in [0.25, 0.3) is 0 Å². The van der Waals surface area contributed by atoms with Crippen molar-refractivity contribution in [3.05, 3.63) is 35.9 Å². The molecule has 128 valence electrons. The molecule has 1 aliphatic heterocycles. The van der Waals surface area contributed by atoms with Gasteiger partial charge in [0.25, 0.3) is 0 Å². The maximum absolute atomic E-state index is 12.4. The first-order valence-corrected chi connectivity index (χ1v) is 8.73. The predicted molar refractivity (Wildman–Crippen MR) is 95.3 cm³/mol. The van der Waals surface area contributed by atoms with Gasteiger partial charge >= 0.3 is 0 Å². The van der Waals surface area contributed by atoms with Crippen LogP contribution >= 0.6 is 0 Å². The lowest BCUT2D eigenvalue weighted by Crippen LogP contribution is -2.56. The van der Waals surface area contributed by atoms with Gasteiger partial charge in [-0.25, -0.2) is 0 Å². The van der Waals surface area contributed by atoms with Crippen molar-refractivity contribution in [1.29, 1.82) is 0 Å². The molecule has 4 heteroatoms. The van der Waals surface area contributed by atoms with Crippen LogP contribution in [0.15, 0.2) is 30.3 Å². The van der Waals surface area contributed by atoms with Crippen LogP contribution < -0.4 is 5.32 Å². The molecule has 0 radical (unpaired) electrons. The van der Waals surface area contributed by atoms with E-state index in [1.807, 2.05) is 6.92 Å². The summed E-state index contributed by atoms with van der Waals surface area (Å²) in [5.41, 5.74) is 1.23. The Balaban J connectivity index is 1.80. The molecule has 0 aliphatic carbocycles. The number of hydrogen-bond acceptors (Lipinski definition) is 3. The third-order valence-electron chi connectivity index (χ3n) is 4.93. The zero-order chi connectivity index (χ0) is 16.9. The van der Waals surface area contributed by atoms with E-state index in [9.17, 15) is 4.79 Å². The fourth-order valence-electron chi connectivity index (χ4n) is 2.84. The summed E-state index contributed by atoms with van der Waals surface area (Å²) in [6.45, 7) is 13.2. The highest BCUT2D eigenvalue weighted by Gasteiger charge is 2.28. The molecule has 0 aromatic heterocycles. The molecule has 1 aromatic rings. The van der Waals surface area contributed by atoms with Gasteiger partial charge in [0.05, 0.1) is 6.04 Å². The van der Waals surface area contributed by atoms with Crippen LogP contribution in [-0.2, 0) is 11.3 Å². The molecule has 1 N–H and O–H groups in total. The molecular weight excluding hydrogens is 286 g/mol. The molecule has 1 aliphatic rings. The Kier molecular flexibility index (Phi) is 6.19. The molecule has 1 heterocycles. The monoisotopic (exact) mass is 317 g/mol. The minimum absolute atomic E-state index is 0.0558. The Labute approximate surface area is 140 Å². The largest absolute Gasteiger partial charge is 0.350 e. The highest BCUT2D eigenvalue weighted by atomic mass is 16.2. The van der Waals surface area contributed by atoms with Gasteiger partial charge in [-0.2, -0.15) is 0 Å². The topological polar surface area (TPSA) is 35.6 Å². The van der Waals surface area contributed by atoms with Crippen molar-refractivity contribution in [1.82, 2.24) is 15.1 Å². The third-order valence-corrected chi connectivity index (χ3v) is 4.93. The Bertz CT molecular complexity index is 493. The second-order valence-electron chi connectivity index (χ2n) is 7.20. The van der Waals surface area contributed by atoms with Crippen molar-refractivity contribution in [3.8, 4) is 0 Å². The van der Waals surface area contributed by atoms with E-state index < -0.39 is 0 Å². The van der Waals surface area contributed by atoms with E-state index >= 15 is 0 Å². The average molecular weight is 317 g/mol. The van der Waals surface area contributed by atoms with E-state index in [4.69, 9.17) is 0 Å². The standard InChI is InChI=1S/C19H31N3O/c1-5-19(3,4)20-18(23)16(2)22-13-11-21(12-14-22)15-17-9-7-6-8-10-17/h6-10,16H,5,11-15H2,1-4H3,(H,20,23). The molecule has 1 unspecified atom stereocenters. The maximum atomic E-state index is 12.4. The lowest BCUT2D eigenvalue weighted by Gasteiger charge is -2.38. The molecule has 1 amide bonds. The van der Waals surface area contributed by atoms with Crippen LogP contribution in [-0.4, -0.2) is 53.5 Å². The molecule has 1 aromatic carbocycles. The van der Waals surface area contributed by atoms with Crippen molar-refractivity contribution in [2.24, 2.45) is 0 Å². The molecule has 1 atom stereocenters. The molecule has 1 fully saturated rings. The molecule has 0 saturated carbocycles. The summed E-state index contributed by atoms with van der Waals surface area (Å²) in [6.07, 6.45) is 0.941. The van der Waals surface area contributed by atoms with Gasteiger partial charge in [0, 0.05) is 38.3 Å². The van der Waals surface area contributed by atoms with Gasteiger partial charge in [0.1, 0.15) is 0 Å². The Morgan fingerprint density at radius 3 is 2.35 bits per heavy atom. The summed E-state index contributed by atoms with van der Waals surface area (Å²) < 4.78 is 0. The number of rotatable bonds is 6. The number of amides is 1. The highest BCUT2D eigenvalue weighted by Crippen LogP contribution is 2.12. The highest BCUT2D eigenvalue weighted by molar-refractivity contribution is 5.82. The summed E-state index contributed by atoms with van der Waals surface area (Å²) in [6, 6.07) is 10.5. The number of hydrogen-bond donors (Lipinski definition) is 1. The maximum Gasteiger partial charge on any atom is 0.237 e. The number of benzene rings is 1. The average Bonchev–Trinajstić information content (AvgIpc) is 2.55. The lowest BCUT2D eigenvalue weighted by molar-refractivity contribution is -0.128. The number of nitrogens with one attached hydrogen (secondary N) is 1. The second-order valence-corrected chi connectivity index (χ2v) is 7.20. The minimum Gasteiger partial charge on any atom is -0.350 e. The quantitative estimate of drug-likeness (QED) is 0.875. The minimum atomic E-state index is -0.125. The molecule has 23 heavy (non-hydrogen) atoms. The Morgan fingerprint density at radius 2 is 1.78 bits per heavy atom. The van der Waals surface area contributed by atoms with E-state index in [0.29, 0.717) is 0 Å².